The molecule has 2 N–H and O–H groups in total. The molecular weight excluding hydrogens is 334 g/mol. The van der Waals surface area contributed by atoms with Crippen molar-refractivity contribution in [3.63, 3.8) is 0 Å². The number of rotatable bonds is 4. The zero-order valence-corrected chi connectivity index (χ0v) is 14.1. The molecule has 0 aromatic heterocycles. The molecule has 0 amide bonds. The summed E-state index contributed by atoms with van der Waals surface area (Å²) in [6, 6.07) is 14.1. The quantitative estimate of drug-likeness (QED) is 0.788. The van der Waals surface area contributed by atoms with E-state index in [1.807, 2.05) is 18.2 Å². The van der Waals surface area contributed by atoms with Crippen molar-refractivity contribution < 1.29 is 0 Å². The highest BCUT2D eigenvalue weighted by Crippen LogP contribution is 2.32. The summed E-state index contributed by atoms with van der Waals surface area (Å²) in [6.07, 6.45) is 1.06. The molecule has 1 atom stereocenters. The van der Waals surface area contributed by atoms with Gasteiger partial charge in [-0.15, -0.1) is 0 Å². The summed E-state index contributed by atoms with van der Waals surface area (Å²) in [5, 5.41) is 0.689. The van der Waals surface area contributed by atoms with Gasteiger partial charge in [-0.25, -0.2) is 0 Å². The highest BCUT2D eigenvalue weighted by molar-refractivity contribution is 9.10. The van der Waals surface area contributed by atoms with Gasteiger partial charge in [0.2, 0.25) is 0 Å². The summed E-state index contributed by atoms with van der Waals surface area (Å²) in [5.74, 6) is 0.635. The average molecular weight is 353 g/mol. The third-order valence-corrected chi connectivity index (χ3v) is 4.58. The fourth-order valence-corrected chi connectivity index (χ4v) is 2.95. The molecule has 20 heavy (non-hydrogen) atoms. The van der Waals surface area contributed by atoms with Gasteiger partial charge in [0.25, 0.3) is 0 Å². The molecule has 0 saturated heterocycles. The summed E-state index contributed by atoms with van der Waals surface area (Å²) in [5.41, 5.74) is 9.75. The second-order valence-corrected chi connectivity index (χ2v) is 6.70. The first kappa shape index (κ1) is 15.6. The van der Waals surface area contributed by atoms with E-state index in [0.29, 0.717) is 10.9 Å². The standard InChI is InChI=1S/C17H19BrClN/c1-11(2)9-12-5-3-6-13(10-12)17(20)14-7-4-8-15(18)16(14)19/h3-8,10-11,17H,9,20H2,1-2H3. The molecule has 106 valence electrons. The van der Waals surface area contributed by atoms with Crippen molar-refractivity contribution in [1.82, 2.24) is 0 Å². The van der Waals surface area contributed by atoms with Crippen molar-refractivity contribution in [1.29, 1.82) is 0 Å². The monoisotopic (exact) mass is 351 g/mol. The second kappa shape index (κ2) is 6.75. The smallest absolute Gasteiger partial charge is 0.0599 e. The summed E-state index contributed by atoms with van der Waals surface area (Å²) in [4.78, 5) is 0. The Balaban J connectivity index is 2.33. The van der Waals surface area contributed by atoms with Crippen LogP contribution in [0.5, 0.6) is 0 Å². The number of halogens is 2. The molecule has 0 aliphatic rings. The number of benzene rings is 2. The Morgan fingerprint density at radius 3 is 2.55 bits per heavy atom. The van der Waals surface area contributed by atoms with Crippen LogP contribution in [0.4, 0.5) is 0 Å². The lowest BCUT2D eigenvalue weighted by Gasteiger charge is -2.16. The van der Waals surface area contributed by atoms with Gasteiger partial charge in [0.1, 0.15) is 0 Å². The molecule has 0 aliphatic heterocycles. The van der Waals surface area contributed by atoms with Crippen molar-refractivity contribution in [2.24, 2.45) is 11.7 Å². The normalized spacial score (nSPS) is 12.7. The highest BCUT2D eigenvalue weighted by atomic mass is 79.9. The van der Waals surface area contributed by atoms with Crippen molar-refractivity contribution in [2.75, 3.05) is 0 Å². The van der Waals surface area contributed by atoms with Gasteiger partial charge in [-0.3, -0.25) is 0 Å². The van der Waals surface area contributed by atoms with Gasteiger partial charge in [-0.2, -0.15) is 0 Å². The van der Waals surface area contributed by atoms with Crippen LogP contribution in [0.3, 0.4) is 0 Å². The zero-order valence-electron chi connectivity index (χ0n) is 11.7. The predicted molar refractivity (Wildman–Crippen MR) is 90.2 cm³/mol. The number of hydrogen-bond acceptors (Lipinski definition) is 1. The van der Waals surface area contributed by atoms with Gasteiger partial charge in [0, 0.05) is 4.47 Å². The summed E-state index contributed by atoms with van der Waals surface area (Å²) < 4.78 is 0.880. The fourth-order valence-electron chi connectivity index (χ4n) is 2.33. The van der Waals surface area contributed by atoms with Crippen LogP contribution in [0, 0.1) is 5.92 Å². The van der Waals surface area contributed by atoms with Crippen molar-refractivity contribution in [3.8, 4) is 0 Å². The molecule has 1 nitrogen and oxygen atoms in total. The minimum absolute atomic E-state index is 0.202. The molecular formula is C17H19BrClN. The maximum Gasteiger partial charge on any atom is 0.0599 e. The maximum atomic E-state index is 6.38. The summed E-state index contributed by atoms with van der Waals surface area (Å²) in [7, 11) is 0. The van der Waals surface area contributed by atoms with E-state index in [1.54, 1.807) is 0 Å². The first-order valence-electron chi connectivity index (χ1n) is 6.77. The molecule has 2 aromatic rings. The van der Waals surface area contributed by atoms with Gasteiger partial charge in [0.05, 0.1) is 11.1 Å². The third-order valence-electron chi connectivity index (χ3n) is 3.27. The lowest BCUT2D eigenvalue weighted by molar-refractivity contribution is 0.646. The fraction of sp³-hybridized carbons (Fsp3) is 0.294. The minimum Gasteiger partial charge on any atom is -0.320 e. The van der Waals surface area contributed by atoms with Gasteiger partial charge in [0.15, 0.2) is 0 Å². The first-order valence-corrected chi connectivity index (χ1v) is 7.94. The van der Waals surface area contributed by atoms with Gasteiger partial charge < -0.3 is 5.73 Å². The molecule has 2 rings (SSSR count). The van der Waals surface area contributed by atoms with Crippen molar-refractivity contribution >= 4 is 27.5 Å². The Labute approximate surface area is 134 Å². The van der Waals surface area contributed by atoms with Crippen LogP contribution >= 0.6 is 27.5 Å². The van der Waals surface area contributed by atoms with Gasteiger partial charge in [-0.1, -0.05) is 61.8 Å². The van der Waals surface area contributed by atoms with E-state index >= 15 is 0 Å². The molecule has 0 saturated carbocycles. The molecule has 1 unspecified atom stereocenters. The summed E-state index contributed by atoms with van der Waals surface area (Å²) >= 11 is 9.78. The Hall–Kier alpha value is -0.830. The van der Waals surface area contributed by atoms with Crippen LogP contribution in [0.15, 0.2) is 46.9 Å². The molecule has 3 heteroatoms. The minimum atomic E-state index is -0.202. The van der Waals surface area contributed by atoms with Crippen LogP contribution in [-0.4, -0.2) is 0 Å². The Morgan fingerprint density at radius 1 is 1.15 bits per heavy atom. The molecule has 0 aliphatic carbocycles. The topological polar surface area (TPSA) is 26.0 Å². The maximum absolute atomic E-state index is 6.38. The van der Waals surface area contributed by atoms with Crippen LogP contribution in [0.1, 0.15) is 36.6 Å². The van der Waals surface area contributed by atoms with Crippen molar-refractivity contribution in [2.45, 2.75) is 26.3 Å². The second-order valence-electron chi connectivity index (χ2n) is 5.46. The summed E-state index contributed by atoms with van der Waals surface area (Å²) in [6.45, 7) is 4.44. The third kappa shape index (κ3) is 3.63. The number of hydrogen-bond donors (Lipinski definition) is 1. The molecule has 0 fully saturated rings. The largest absolute Gasteiger partial charge is 0.320 e. The van der Waals surface area contributed by atoms with Crippen LogP contribution < -0.4 is 5.73 Å². The Kier molecular flexibility index (Phi) is 5.25. The molecule has 0 spiro atoms. The van der Waals surface area contributed by atoms with Gasteiger partial charge in [-0.05, 0) is 51.0 Å². The van der Waals surface area contributed by atoms with E-state index in [9.17, 15) is 0 Å². The van der Waals surface area contributed by atoms with Gasteiger partial charge >= 0.3 is 0 Å². The number of nitrogens with two attached hydrogens (primary N) is 1. The lowest BCUT2D eigenvalue weighted by atomic mass is 9.95. The SMILES string of the molecule is CC(C)Cc1cccc(C(N)c2cccc(Br)c2Cl)c1. The average Bonchev–Trinajstić information content (AvgIpc) is 2.41. The zero-order chi connectivity index (χ0) is 14.7. The van der Waals surface area contributed by atoms with E-state index in [0.717, 1.165) is 22.0 Å². The highest BCUT2D eigenvalue weighted by Gasteiger charge is 2.14. The molecule has 0 radical (unpaired) electrons. The van der Waals surface area contributed by atoms with E-state index in [2.05, 4.69) is 54.0 Å². The molecule has 2 aromatic carbocycles. The predicted octanol–water partition coefficient (Wildman–Crippen LogP) is 5.35. The van der Waals surface area contributed by atoms with Crippen LogP contribution in [-0.2, 0) is 6.42 Å². The van der Waals surface area contributed by atoms with Crippen molar-refractivity contribution in [3.05, 3.63) is 68.7 Å². The lowest BCUT2D eigenvalue weighted by Crippen LogP contribution is -2.13. The van der Waals surface area contributed by atoms with Crippen LogP contribution in [0.25, 0.3) is 0 Å². The Bertz CT molecular complexity index is 595. The molecule has 0 bridgehead atoms. The molecule has 0 heterocycles. The first-order chi connectivity index (χ1) is 9.49. The van der Waals surface area contributed by atoms with Crippen LogP contribution in [0.2, 0.25) is 5.02 Å². The van der Waals surface area contributed by atoms with E-state index < -0.39 is 0 Å². The Morgan fingerprint density at radius 2 is 1.85 bits per heavy atom. The van der Waals surface area contributed by atoms with E-state index in [4.69, 9.17) is 17.3 Å². The van der Waals surface area contributed by atoms with E-state index in [1.165, 1.54) is 5.56 Å². The van der Waals surface area contributed by atoms with E-state index in [-0.39, 0.29) is 6.04 Å².